The predicted molar refractivity (Wildman–Crippen MR) is 142 cm³/mol. The maximum Gasteiger partial charge on any atom is 0.417 e. The number of nitrogens with one attached hydrogen (secondary N) is 1. The van der Waals surface area contributed by atoms with Crippen LogP contribution in [0.4, 0.5) is 26.7 Å². The molecular weight excluding hydrogens is 611 g/mol. The number of carbonyl (C=O) groups excluding carboxylic acids is 1. The third kappa shape index (κ3) is 6.09. The van der Waals surface area contributed by atoms with E-state index in [4.69, 9.17) is 8.92 Å². The fourth-order valence-corrected chi connectivity index (χ4v) is 6.89. The van der Waals surface area contributed by atoms with Gasteiger partial charge < -0.3 is 15.0 Å². The molecule has 2 aromatic carbocycles. The Morgan fingerprint density at radius 2 is 1.93 bits per heavy atom. The van der Waals surface area contributed by atoms with Crippen LogP contribution in [0.2, 0.25) is 0 Å². The molecule has 1 fully saturated rings. The van der Waals surface area contributed by atoms with E-state index in [9.17, 15) is 35.6 Å². The molecule has 2 aliphatic rings. The Hall–Kier alpha value is -3.28. The summed E-state index contributed by atoms with van der Waals surface area (Å²) < 4.78 is 108. The number of hydrogen-bond donors (Lipinski definition) is 1. The Morgan fingerprint density at radius 3 is 2.57 bits per heavy atom. The number of benzene rings is 2. The van der Waals surface area contributed by atoms with Crippen molar-refractivity contribution in [3.63, 3.8) is 0 Å². The predicted octanol–water partition coefficient (Wildman–Crippen LogP) is 3.60. The molecule has 0 radical (unpaired) electrons. The zero-order valence-corrected chi connectivity index (χ0v) is 23.6. The van der Waals surface area contributed by atoms with Crippen molar-refractivity contribution < 1.29 is 44.1 Å². The minimum atomic E-state index is -5.10. The number of aromatic nitrogens is 2. The molecule has 1 unspecified atom stereocenters. The van der Waals surface area contributed by atoms with Gasteiger partial charge in [0.05, 0.1) is 29.3 Å². The van der Waals surface area contributed by atoms with E-state index in [1.807, 2.05) is 6.92 Å². The van der Waals surface area contributed by atoms with Crippen LogP contribution in [0, 0.1) is 11.6 Å². The zero-order valence-electron chi connectivity index (χ0n) is 22.0. The highest BCUT2D eigenvalue weighted by molar-refractivity contribution is 7.99. The minimum Gasteiger partial charge on any atom is -0.390 e. The van der Waals surface area contributed by atoms with Gasteiger partial charge in [-0.25, -0.2) is 18.4 Å². The summed E-state index contributed by atoms with van der Waals surface area (Å²) in [5, 5.41) is 2.73. The van der Waals surface area contributed by atoms with Crippen molar-refractivity contribution >= 4 is 38.9 Å². The van der Waals surface area contributed by atoms with Crippen LogP contribution < -0.4 is 15.7 Å². The van der Waals surface area contributed by atoms with Gasteiger partial charge in [-0.15, -0.1) is 11.8 Å². The number of alkyl halides is 3. The first kappa shape index (κ1) is 30.2. The Labute approximate surface area is 239 Å². The maximum absolute atomic E-state index is 15.0. The van der Waals surface area contributed by atoms with E-state index >= 15 is 4.39 Å². The SMILES string of the molecule is CC1CN(C(=O)Oc2nc(=O)n3c4c(c(-c5ccc(F)cc5F)c(C(F)(F)F)cc24)SC[C@@H](OS(C)(=O)=O)C3)CCN1. The van der Waals surface area contributed by atoms with Crippen molar-refractivity contribution in [3.05, 3.63) is 51.9 Å². The largest absolute Gasteiger partial charge is 0.417 e. The highest BCUT2D eigenvalue weighted by Crippen LogP contribution is 2.48. The fraction of sp³-hybridized carbons (Fsp3) is 0.400. The molecule has 226 valence electrons. The average Bonchev–Trinajstić information content (AvgIpc) is 3.06. The summed E-state index contributed by atoms with van der Waals surface area (Å²) in [6.07, 6.45) is -6.51. The highest BCUT2D eigenvalue weighted by Gasteiger charge is 2.39. The fourth-order valence-electron chi connectivity index (χ4n) is 4.94. The summed E-state index contributed by atoms with van der Waals surface area (Å²) in [7, 11) is -4.07. The minimum absolute atomic E-state index is 0.0992. The molecule has 2 atom stereocenters. The van der Waals surface area contributed by atoms with Gasteiger partial charge in [-0.3, -0.25) is 8.75 Å². The Kier molecular flexibility index (Phi) is 7.97. The number of ether oxygens (including phenoxy) is 1. The average molecular weight is 635 g/mol. The van der Waals surface area contributed by atoms with Gasteiger partial charge >= 0.3 is 18.0 Å². The van der Waals surface area contributed by atoms with Gasteiger partial charge in [-0.2, -0.15) is 26.6 Å². The molecular formula is C25H23F5N4O6S2. The molecule has 0 spiro atoms. The van der Waals surface area contributed by atoms with Gasteiger partial charge in [-0.1, -0.05) is 0 Å². The maximum atomic E-state index is 15.0. The van der Waals surface area contributed by atoms with Crippen molar-refractivity contribution in [1.82, 2.24) is 19.8 Å². The van der Waals surface area contributed by atoms with Crippen LogP contribution in [0.25, 0.3) is 22.0 Å². The van der Waals surface area contributed by atoms with Crippen LogP contribution in [0.3, 0.4) is 0 Å². The summed E-state index contributed by atoms with van der Waals surface area (Å²) >= 11 is 0.684. The topological polar surface area (TPSA) is 120 Å². The second kappa shape index (κ2) is 11.1. The summed E-state index contributed by atoms with van der Waals surface area (Å²) in [5.41, 5.74) is -3.96. The lowest BCUT2D eigenvalue weighted by Crippen LogP contribution is -2.52. The third-order valence-corrected chi connectivity index (χ3v) is 8.46. The first-order valence-corrected chi connectivity index (χ1v) is 15.3. The molecule has 1 N–H and O–H groups in total. The smallest absolute Gasteiger partial charge is 0.390 e. The van der Waals surface area contributed by atoms with Crippen molar-refractivity contribution in [2.45, 2.75) is 36.7 Å². The van der Waals surface area contributed by atoms with Crippen LogP contribution in [-0.4, -0.2) is 72.8 Å². The van der Waals surface area contributed by atoms with Crippen molar-refractivity contribution in [3.8, 4) is 17.0 Å². The quantitative estimate of drug-likeness (QED) is 0.339. The molecule has 17 heteroatoms. The van der Waals surface area contributed by atoms with Crippen LogP contribution in [0.1, 0.15) is 12.5 Å². The molecule has 0 bridgehead atoms. The number of rotatable bonds is 4. The number of thioether (sulfide) groups is 1. The number of carbonyl (C=O) groups is 1. The lowest BCUT2D eigenvalue weighted by Gasteiger charge is -2.31. The summed E-state index contributed by atoms with van der Waals surface area (Å²) in [5.74, 6) is -3.30. The lowest BCUT2D eigenvalue weighted by molar-refractivity contribution is -0.137. The van der Waals surface area contributed by atoms with E-state index in [1.165, 1.54) is 4.90 Å². The van der Waals surface area contributed by atoms with E-state index in [2.05, 4.69) is 10.3 Å². The number of piperazine rings is 1. The zero-order chi connectivity index (χ0) is 30.6. The molecule has 1 amide bonds. The first-order valence-electron chi connectivity index (χ1n) is 12.5. The van der Waals surface area contributed by atoms with E-state index < -0.39 is 80.3 Å². The number of hydrogen-bond acceptors (Lipinski definition) is 9. The molecule has 1 saturated heterocycles. The Morgan fingerprint density at radius 1 is 1.19 bits per heavy atom. The van der Waals surface area contributed by atoms with E-state index in [1.54, 1.807) is 0 Å². The molecule has 1 aromatic heterocycles. The number of halogens is 5. The van der Waals surface area contributed by atoms with Crippen molar-refractivity contribution in [2.24, 2.45) is 0 Å². The third-order valence-electron chi connectivity index (χ3n) is 6.61. The van der Waals surface area contributed by atoms with Gasteiger partial charge in [0.1, 0.15) is 17.7 Å². The number of nitrogens with zero attached hydrogens (tertiary/aromatic N) is 3. The van der Waals surface area contributed by atoms with Gasteiger partial charge in [0.25, 0.3) is 10.1 Å². The summed E-state index contributed by atoms with van der Waals surface area (Å²) in [6.45, 7) is 2.25. The molecule has 10 nitrogen and oxygen atoms in total. The van der Waals surface area contributed by atoms with Crippen LogP contribution in [0.5, 0.6) is 5.88 Å². The Bertz CT molecular complexity index is 1750. The van der Waals surface area contributed by atoms with E-state index in [-0.39, 0.29) is 35.3 Å². The molecule has 5 rings (SSSR count). The van der Waals surface area contributed by atoms with Crippen LogP contribution in [-0.2, 0) is 27.0 Å². The standard InChI is InChI=1S/C25H23F5N4O6S2/c1-12-9-33(6-5-31-12)24(36)39-22-16-8-17(25(28,29)30)19(15-4-3-13(26)7-18(15)27)21-20(16)34(23(35)32-22)10-14(11-41-21)40-42(2,37)38/h3-4,7-8,12,14,31H,5-6,9-11H2,1-2H3/t12?,14-/m0/s1. The van der Waals surface area contributed by atoms with E-state index in [0.717, 1.165) is 23.0 Å². The highest BCUT2D eigenvalue weighted by atomic mass is 32.2. The molecule has 3 aromatic rings. The lowest BCUT2D eigenvalue weighted by atomic mass is 9.96. The molecule has 42 heavy (non-hydrogen) atoms. The van der Waals surface area contributed by atoms with Gasteiger partial charge in [0.15, 0.2) is 0 Å². The summed E-state index contributed by atoms with van der Waals surface area (Å²) in [4.78, 5) is 31.0. The molecule has 0 aliphatic carbocycles. The summed E-state index contributed by atoms with van der Waals surface area (Å²) in [6, 6.07) is 2.53. The van der Waals surface area contributed by atoms with Gasteiger partial charge in [0, 0.05) is 53.5 Å². The van der Waals surface area contributed by atoms with Gasteiger partial charge in [-0.05, 0) is 25.1 Å². The second-order valence-electron chi connectivity index (χ2n) is 9.86. The molecule has 0 saturated carbocycles. The monoisotopic (exact) mass is 634 g/mol. The normalized spacial score (nSPS) is 19.5. The number of amides is 1. The van der Waals surface area contributed by atoms with Crippen LogP contribution >= 0.6 is 11.8 Å². The molecule has 2 aliphatic heterocycles. The Balaban J connectivity index is 1.79. The van der Waals surface area contributed by atoms with Crippen LogP contribution in [0.15, 0.2) is 34.0 Å². The van der Waals surface area contributed by atoms with Gasteiger partial charge in [0.2, 0.25) is 5.88 Å². The molecule has 3 heterocycles. The van der Waals surface area contributed by atoms with Crippen molar-refractivity contribution in [1.29, 1.82) is 0 Å². The van der Waals surface area contributed by atoms with Crippen molar-refractivity contribution in [2.75, 3.05) is 31.6 Å². The second-order valence-corrected chi connectivity index (χ2v) is 12.5. The first-order chi connectivity index (χ1) is 19.6. The van der Waals surface area contributed by atoms with E-state index in [0.29, 0.717) is 30.4 Å².